The van der Waals surface area contributed by atoms with E-state index in [2.05, 4.69) is 4.74 Å². The Morgan fingerprint density at radius 1 is 1.43 bits per heavy atom. The highest BCUT2D eigenvalue weighted by Gasteiger charge is 2.35. The summed E-state index contributed by atoms with van der Waals surface area (Å²) in [6.07, 6.45) is 3.95. The zero-order chi connectivity index (χ0) is 10.7. The molecule has 4 heteroatoms. The van der Waals surface area contributed by atoms with Gasteiger partial charge in [0, 0.05) is 0 Å². The van der Waals surface area contributed by atoms with E-state index in [0.717, 1.165) is 0 Å². The monoisotopic (exact) mass is 198 g/mol. The highest BCUT2D eigenvalue weighted by molar-refractivity contribution is 5.82. The van der Waals surface area contributed by atoms with Crippen molar-refractivity contribution in [2.24, 2.45) is 17.8 Å². The third-order valence-electron chi connectivity index (χ3n) is 2.50. The van der Waals surface area contributed by atoms with Crippen LogP contribution in [0.4, 0.5) is 0 Å². The van der Waals surface area contributed by atoms with Gasteiger partial charge in [-0.25, -0.2) is 0 Å². The number of hydrogen-bond donors (Lipinski definition) is 1. The SMILES string of the molecule is COC(=O)C1CC(C)C=CC1C(=O)O. The van der Waals surface area contributed by atoms with Gasteiger partial charge in [0.05, 0.1) is 18.9 Å². The first-order chi connectivity index (χ1) is 6.56. The number of carbonyl (C=O) groups excluding carboxylic acids is 1. The molecule has 3 atom stereocenters. The molecule has 1 rings (SSSR count). The van der Waals surface area contributed by atoms with E-state index < -0.39 is 23.8 Å². The first-order valence-electron chi connectivity index (χ1n) is 4.55. The Bertz CT molecular complexity index is 269. The van der Waals surface area contributed by atoms with Gasteiger partial charge in [-0.2, -0.15) is 0 Å². The third-order valence-corrected chi connectivity index (χ3v) is 2.50. The van der Waals surface area contributed by atoms with Crippen LogP contribution in [0.25, 0.3) is 0 Å². The van der Waals surface area contributed by atoms with Crippen LogP contribution < -0.4 is 0 Å². The summed E-state index contributed by atoms with van der Waals surface area (Å²) in [7, 11) is 1.28. The van der Waals surface area contributed by atoms with Gasteiger partial charge < -0.3 is 9.84 Å². The quantitative estimate of drug-likeness (QED) is 0.532. The van der Waals surface area contributed by atoms with Crippen LogP contribution in [0.15, 0.2) is 12.2 Å². The number of carbonyl (C=O) groups is 2. The second-order valence-electron chi connectivity index (χ2n) is 3.59. The molecular weight excluding hydrogens is 184 g/mol. The van der Waals surface area contributed by atoms with Gasteiger partial charge in [0.25, 0.3) is 0 Å². The maximum atomic E-state index is 11.3. The van der Waals surface area contributed by atoms with Crippen LogP contribution in [0.3, 0.4) is 0 Å². The van der Waals surface area contributed by atoms with E-state index in [-0.39, 0.29) is 5.92 Å². The Hall–Kier alpha value is -1.32. The van der Waals surface area contributed by atoms with Crippen LogP contribution in [0.2, 0.25) is 0 Å². The van der Waals surface area contributed by atoms with Crippen molar-refractivity contribution in [1.82, 2.24) is 0 Å². The van der Waals surface area contributed by atoms with Gasteiger partial charge in [0.1, 0.15) is 0 Å². The molecule has 14 heavy (non-hydrogen) atoms. The molecule has 0 heterocycles. The van der Waals surface area contributed by atoms with E-state index in [1.807, 2.05) is 13.0 Å². The van der Waals surface area contributed by atoms with Crippen LogP contribution in [-0.2, 0) is 14.3 Å². The molecule has 0 aromatic carbocycles. The number of carboxylic acids is 1. The molecule has 1 N–H and O–H groups in total. The predicted octanol–water partition coefficient (Wildman–Crippen LogP) is 1.07. The van der Waals surface area contributed by atoms with Crippen LogP contribution >= 0.6 is 0 Å². The normalized spacial score (nSPS) is 31.1. The molecule has 0 spiro atoms. The fraction of sp³-hybridized carbons (Fsp3) is 0.600. The fourth-order valence-electron chi connectivity index (χ4n) is 1.72. The summed E-state index contributed by atoms with van der Waals surface area (Å²) in [5, 5.41) is 8.88. The Kier molecular flexibility index (Phi) is 3.28. The Balaban J connectivity index is 2.84. The van der Waals surface area contributed by atoms with Gasteiger partial charge in [-0.15, -0.1) is 0 Å². The van der Waals surface area contributed by atoms with Crippen molar-refractivity contribution >= 4 is 11.9 Å². The van der Waals surface area contributed by atoms with Crippen LogP contribution in [0.5, 0.6) is 0 Å². The van der Waals surface area contributed by atoms with Crippen molar-refractivity contribution in [2.75, 3.05) is 7.11 Å². The molecule has 0 aromatic heterocycles. The molecule has 4 nitrogen and oxygen atoms in total. The van der Waals surface area contributed by atoms with Gasteiger partial charge in [-0.1, -0.05) is 19.1 Å². The molecule has 1 aliphatic carbocycles. The average molecular weight is 198 g/mol. The number of rotatable bonds is 2. The summed E-state index contributed by atoms with van der Waals surface area (Å²) in [5.74, 6) is -2.46. The van der Waals surface area contributed by atoms with Gasteiger partial charge in [0.15, 0.2) is 0 Å². The first-order valence-corrected chi connectivity index (χ1v) is 4.55. The van der Waals surface area contributed by atoms with Crippen molar-refractivity contribution in [1.29, 1.82) is 0 Å². The van der Waals surface area contributed by atoms with Crippen molar-refractivity contribution in [3.05, 3.63) is 12.2 Å². The summed E-state index contributed by atoms with van der Waals surface area (Å²) >= 11 is 0. The highest BCUT2D eigenvalue weighted by Crippen LogP contribution is 2.29. The maximum Gasteiger partial charge on any atom is 0.311 e. The zero-order valence-corrected chi connectivity index (χ0v) is 8.27. The molecule has 0 aromatic rings. The highest BCUT2D eigenvalue weighted by atomic mass is 16.5. The van der Waals surface area contributed by atoms with Crippen molar-refractivity contribution < 1.29 is 19.4 Å². The van der Waals surface area contributed by atoms with E-state index in [9.17, 15) is 9.59 Å². The average Bonchev–Trinajstić information content (AvgIpc) is 2.16. The standard InChI is InChI=1S/C10H14O4/c1-6-3-4-7(9(11)12)8(5-6)10(13)14-2/h3-4,6-8H,5H2,1-2H3,(H,11,12). The molecule has 0 aliphatic heterocycles. The summed E-state index contributed by atoms with van der Waals surface area (Å²) in [6, 6.07) is 0. The van der Waals surface area contributed by atoms with Gasteiger partial charge in [-0.3, -0.25) is 9.59 Å². The van der Waals surface area contributed by atoms with Gasteiger partial charge in [0.2, 0.25) is 0 Å². The number of hydrogen-bond acceptors (Lipinski definition) is 3. The Morgan fingerprint density at radius 2 is 2.07 bits per heavy atom. The molecule has 3 unspecified atom stereocenters. The Labute approximate surface area is 82.6 Å². The molecule has 0 bridgehead atoms. The maximum absolute atomic E-state index is 11.3. The van der Waals surface area contributed by atoms with Crippen LogP contribution in [-0.4, -0.2) is 24.2 Å². The summed E-state index contributed by atoms with van der Waals surface area (Å²) in [4.78, 5) is 22.1. The molecule has 0 amide bonds. The number of methoxy groups -OCH3 is 1. The van der Waals surface area contributed by atoms with Crippen LogP contribution in [0.1, 0.15) is 13.3 Å². The predicted molar refractivity (Wildman–Crippen MR) is 49.6 cm³/mol. The molecule has 1 aliphatic rings. The number of allylic oxidation sites excluding steroid dienone is 1. The van der Waals surface area contributed by atoms with E-state index >= 15 is 0 Å². The lowest BCUT2D eigenvalue weighted by Gasteiger charge is -2.25. The largest absolute Gasteiger partial charge is 0.481 e. The molecular formula is C10H14O4. The van der Waals surface area contributed by atoms with E-state index in [1.54, 1.807) is 6.08 Å². The fourth-order valence-corrected chi connectivity index (χ4v) is 1.72. The lowest BCUT2D eigenvalue weighted by atomic mass is 9.80. The van der Waals surface area contributed by atoms with E-state index in [4.69, 9.17) is 5.11 Å². The van der Waals surface area contributed by atoms with Gasteiger partial charge in [-0.05, 0) is 12.3 Å². The smallest absolute Gasteiger partial charge is 0.311 e. The minimum Gasteiger partial charge on any atom is -0.481 e. The Morgan fingerprint density at radius 3 is 2.57 bits per heavy atom. The van der Waals surface area contributed by atoms with Crippen molar-refractivity contribution in [2.45, 2.75) is 13.3 Å². The summed E-state index contributed by atoms with van der Waals surface area (Å²) in [6.45, 7) is 1.95. The topological polar surface area (TPSA) is 63.6 Å². The molecule has 0 radical (unpaired) electrons. The molecule has 0 saturated carbocycles. The zero-order valence-electron chi connectivity index (χ0n) is 8.27. The lowest BCUT2D eigenvalue weighted by Crippen LogP contribution is -2.33. The molecule has 78 valence electrons. The molecule has 0 fully saturated rings. The second-order valence-corrected chi connectivity index (χ2v) is 3.59. The van der Waals surface area contributed by atoms with Crippen molar-refractivity contribution in [3.8, 4) is 0 Å². The molecule has 0 saturated heterocycles. The third kappa shape index (κ3) is 2.13. The van der Waals surface area contributed by atoms with E-state index in [0.29, 0.717) is 6.42 Å². The van der Waals surface area contributed by atoms with E-state index in [1.165, 1.54) is 7.11 Å². The first kappa shape index (κ1) is 10.8. The minimum absolute atomic E-state index is 0.231. The summed E-state index contributed by atoms with van der Waals surface area (Å²) in [5.41, 5.74) is 0. The summed E-state index contributed by atoms with van der Waals surface area (Å²) < 4.78 is 4.58. The lowest BCUT2D eigenvalue weighted by molar-refractivity contribution is -0.154. The number of carboxylic acid groups (broad SMARTS) is 1. The number of ether oxygens (including phenoxy) is 1. The van der Waals surface area contributed by atoms with Crippen molar-refractivity contribution in [3.63, 3.8) is 0 Å². The van der Waals surface area contributed by atoms with Crippen LogP contribution in [0, 0.1) is 17.8 Å². The van der Waals surface area contributed by atoms with Gasteiger partial charge >= 0.3 is 11.9 Å². The second kappa shape index (κ2) is 4.26. The minimum atomic E-state index is -0.969. The number of aliphatic carboxylic acids is 1. The number of esters is 1.